The maximum atomic E-state index is 11.5. The fraction of sp³-hybridized carbons (Fsp3) is 0.556. The van der Waals surface area contributed by atoms with Gasteiger partial charge in [0.05, 0.1) is 12.2 Å². The van der Waals surface area contributed by atoms with Crippen LogP contribution in [0.3, 0.4) is 0 Å². The van der Waals surface area contributed by atoms with E-state index < -0.39 is 0 Å². The molecule has 0 spiro atoms. The highest BCUT2D eigenvalue weighted by Gasteiger charge is 2.27. The van der Waals surface area contributed by atoms with Gasteiger partial charge in [-0.1, -0.05) is 11.6 Å². The second-order valence-electron chi connectivity index (χ2n) is 3.50. The van der Waals surface area contributed by atoms with Gasteiger partial charge < -0.3 is 4.90 Å². The zero-order chi connectivity index (χ0) is 10.1. The van der Waals surface area contributed by atoms with E-state index in [1.807, 2.05) is 10.3 Å². The highest BCUT2D eigenvalue weighted by Crippen LogP contribution is 2.22. The minimum atomic E-state index is 0.224. The van der Waals surface area contributed by atoms with E-state index in [0.717, 1.165) is 12.1 Å². The molecule has 0 N–H and O–H groups in total. The lowest BCUT2D eigenvalue weighted by Gasteiger charge is -2.20. The molecule has 2 rings (SSSR count). The number of halogens is 1. The summed E-state index contributed by atoms with van der Waals surface area (Å²) < 4.78 is 0.541. The first kappa shape index (κ1) is 9.93. The first-order valence-corrected chi connectivity index (χ1v) is 5.82. The lowest BCUT2D eigenvalue weighted by molar-refractivity contribution is -0.129. The SMILES string of the molecule is CC1CCC(=O)N1Cc1csc(Cl)n1. The van der Waals surface area contributed by atoms with E-state index in [1.54, 1.807) is 0 Å². The maximum absolute atomic E-state index is 11.5. The van der Waals surface area contributed by atoms with Gasteiger partial charge in [0.2, 0.25) is 5.91 Å². The second kappa shape index (κ2) is 3.87. The second-order valence-corrected chi connectivity index (χ2v) is 4.94. The molecule has 1 aliphatic heterocycles. The summed E-state index contributed by atoms with van der Waals surface area (Å²) in [7, 11) is 0. The molecule has 1 saturated heterocycles. The van der Waals surface area contributed by atoms with Gasteiger partial charge in [-0.3, -0.25) is 4.79 Å². The molecule has 1 unspecified atom stereocenters. The Morgan fingerprint density at radius 1 is 1.79 bits per heavy atom. The molecule has 1 fully saturated rings. The van der Waals surface area contributed by atoms with Crippen LogP contribution in [0, 0.1) is 0 Å². The van der Waals surface area contributed by atoms with Gasteiger partial charge in [0, 0.05) is 17.8 Å². The molecule has 0 aliphatic carbocycles. The van der Waals surface area contributed by atoms with E-state index in [2.05, 4.69) is 11.9 Å². The van der Waals surface area contributed by atoms with Crippen molar-refractivity contribution in [2.24, 2.45) is 0 Å². The van der Waals surface area contributed by atoms with Gasteiger partial charge in [-0.05, 0) is 13.3 Å². The summed E-state index contributed by atoms with van der Waals surface area (Å²) in [5.41, 5.74) is 0.891. The Hall–Kier alpha value is -0.610. The average molecular weight is 231 g/mol. The summed E-state index contributed by atoms with van der Waals surface area (Å²) in [4.78, 5) is 17.5. The monoisotopic (exact) mass is 230 g/mol. The van der Waals surface area contributed by atoms with Crippen LogP contribution in [-0.4, -0.2) is 21.8 Å². The zero-order valence-corrected chi connectivity index (χ0v) is 9.44. The summed E-state index contributed by atoms with van der Waals surface area (Å²) in [6, 6.07) is 0.336. The van der Waals surface area contributed by atoms with Crippen LogP contribution in [0.5, 0.6) is 0 Å². The normalized spacial score (nSPS) is 22.0. The molecule has 0 saturated carbocycles. The Kier molecular flexibility index (Phi) is 2.74. The van der Waals surface area contributed by atoms with Gasteiger partial charge in [0.25, 0.3) is 0 Å². The van der Waals surface area contributed by atoms with E-state index in [1.165, 1.54) is 11.3 Å². The van der Waals surface area contributed by atoms with E-state index in [9.17, 15) is 4.79 Å². The Bertz CT molecular complexity index is 352. The van der Waals surface area contributed by atoms with Gasteiger partial charge in [-0.2, -0.15) is 0 Å². The summed E-state index contributed by atoms with van der Waals surface area (Å²) >= 11 is 7.13. The summed E-state index contributed by atoms with van der Waals surface area (Å²) in [5, 5.41) is 1.90. The molecule has 0 radical (unpaired) electrons. The number of amides is 1. The Labute approximate surface area is 91.7 Å². The van der Waals surface area contributed by atoms with Crippen LogP contribution in [-0.2, 0) is 11.3 Å². The molecule has 1 aromatic rings. The number of aromatic nitrogens is 1. The third kappa shape index (κ3) is 1.91. The number of hydrogen-bond acceptors (Lipinski definition) is 3. The number of rotatable bonds is 2. The van der Waals surface area contributed by atoms with E-state index in [4.69, 9.17) is 11.6 Å². The largest absolute Gasteiger partial charge is 0.334 e. The lowest BCUT2D eigenvalue weighted by Crippen LogP contribution is -2.30. The zero-order valence-electron chi connectivity index (χ0n) is 7.86. The van der Waals surface area contributed by atoms with E-state index >= 15 is 0 Å². The number of likely N-dealkylation sites (tertiary alicyclic amines) is 1. The molecule has 1 atom stereocenters. The smallest absolute Gasteiger partial charge is 0.223 e. The molecule has 2 heterocycles. The van der Waals surface area contributed by atoms with E-state index in [0.29, 0.717) is 23.5 Å². The highest BCUT2D eigenvalue weighted by atomic mass is 35.5. The fourth-order valence-electron chi connectivity index (χ4n) is 1.65. The standard InChI is InChI=1S/C9H11ClN2OS/c1-6-2-3-8(13)12(6)4-7-5-14-9(10)11-7/h5-6H,2-4H2,1H3. The summed E-state index contributed by atoms with van der Waals surface area (Å²) in [6.07, 6.45) is 1.62. The van der Waals surface area contributed by atoms with Gasteiger partial charge in [0.1, 0.15) is 0 Å². The van der Waals surface area contributed by atoms with Gasteiger partial charge in [-0.15, -0.1) is 11.3 Å². The number of thiazole rings is 1. The predicted octanol–water partition coefficient (Wildman–Crippen LogP) is 2.31. The van der Waals surface area contributed by atoms with Crippen molar-refractivity contribution >= 4 is 28.8 Å². The first-order valence-electron chi connectivity index (χ1n) is 4.56. The third-order valence-electron chi connectivity index (χ3n) is 2.48. The molecule has 76 valence electrons. The van der Waals surface area contributed by atoms with Crippen molar-refractivity contribution < 1.29 is 4.79 Å². The number of nitrogens with zero attached hydrogens (tertiary/aromatic N) is 2. The minimum absolute atomic E-state index is 0.224. The molecule has 1 amide bonds. The van der Waals surface area contributed by atoms with Gasteiger partial charge in [0.15, 0.2) is 4.47 Å². The Morgan fingerprint density at radius 3 is 3.07 bits per heavy atom. The van der Waals surface area contributed by atoms with Crippen LogP contribution in [0.25, 0.3) is 0 Å². The van der Waals surface area contributed by atoms with Crippen molar-refractivity contribution in [3.05, 3.63) is 15.5 Å². The number of hydrogen-bond donors (Lipinski definition) is 0. The molecule has 1 aromatic heterocycles. The van der Waals surface area contributed by atoms with Crippen molar-refractivity contribution in [1.29, 1.82) is 0 Å². The van der Waals surface area contributed by atoms with Crippen molar-refractivity contribution in [3.8, 4) is 0 Å². The van der Waals surface area contributed by atoms with Gasteiger partial charge in [-0.25, -0.2) is 4.98 Å². The summed E-state index contributed by atoms with van der Waals surface area (Å²) in [6.45, 7) is 2.67. The van der Waals surface area contributed by atoms with Crippen molar-refractivity contribution in [2.75, 3.05) is 0 Å². The fourth-order valence-corrected chi connectivity index (χ4v) is 2.42. The van der Waals surface area contributed by atoms with Gasteiger partial charge >= 0.3 is 0 Å². The van der Waals surface area contributed by atoms with Crippen LogP contribution in [0.1, 0.15) is 25.5 Å². The van der Waals surface area contributed by atoms with Crippen LogP contribution in [0.2, 0.25) is 4.47 Å². The molecule has 1 aliphatic rings. The number of carbonyl (C=O) groups excluding carboxylic acids is 1. The van der Waals surface area contributed by atoms with Crippen molar-refractivity contribution in [1.82, 2.24) is 9.88 Å². The molecule has 3 nitrogen and oxygen atoms in total. The number of carbonyl (C=O) groups is 1. The molecule has 0 aromatic carbocycles. The van der Waals surface area contributed by atoms with Crippen LogP contribution >= 0.6 is 22.9 Å². The Morgan fingerprint density at radius 2 is 2.57 bits per heavy atom. The first-order chi connectivity index (χ1) is 6.66. The minimum Gasteiger partial charge on any atom is -0.334 e. The third-order valence-corrected chi connectivity index (χ3v) is 3.51. The van der Waals surface area contributed by atoms with Crippen molar-refractivity contribution in [3.63, 3.8) is 0 Å². The topological polar surface area (TPSA) is 33.2 Å². The van der Waals surface area contributed by atoms with Crippen molar-refractivity contribution in [2.45, 2.75) is 32.4 Å². The highest BCUT2D eigenvalue weighted by molar-refractivity contribution is 7.13. The van der Waals surface area contributed by atoms with Crippen LogP contribution in [0.15, 0.2) is 5.38 Å². The quantitative estimate of drug-likeness (QED) is 0.781. The Balaban J connectivity index is 2.06. The predicted molar refractivity (Wildman–Crippen MR) is 56.4 cm³/mol. The molecule has 5 heteroatoms. The molecular weight excluding hydrogens is 220 g/mol. The van der Waals surface area contributed by atoms with Crippen LogP contribution in [0.4, 0.5) is 0 Å². The average Bonchev–Trinajstić information content (AvgIpc) is 2.67. The van der Waals surface area contributed by atoms with E-state index in [-0.39, 0.29) is 5.91 Å². The molecule has 0 bridgehead atoms. The lowest BCUT2D eigenvalue weighted by atomic mass is 10.2. The summed E-state index contributed by atoms with van der Waals surface area (Å²) in [5.74, 6) is 0.224. The maximum Gasteiger partial charge on any atom is 0.223 e. The molecular formula is C9H11ClN2OS. The van der Waals surface area contributed by atoms with Crippen LogP contribution < -0.4 is 0 Å². The molecule has 14 heavy (non-hydrogen) atoms.